The third-order valence-electron chi connectivity index (χ3n) is 4.96. The van der Waals surface area contributed by atoms with E-state index in [0.29, 0.717) is 28.7 Å². The second-order valence-electron chi connectivity index (χ2n) is 6.95. The maximum Gasteiger partial charge on any atom is 0.240 e. The zero-order valence-electron chi connectivity index (χ0n) is 16.0. The summed E-state index contributed by atoms with van der Waals surface area (Å²) >= 11 is 0. The van der Waals surface area contributed by atoms with Crippen LogP contribution in [-0.2, 0) is 10.0 Å². The van der Waals surface area contributed by atoms with Crippen LogP contribution in [0.1, 0.15) is 24.1 Å². The monoisotopic (exact) mass is 390 g/mol. The number of aryl methyl sites for hydroxylation is 2. The molecule has 1 fully saturated rings. The number of methoxy groups -OCH3 is 1. The average molecular weight is 391 g/mol. The molecule has 0 unspecified atom stereocenters. The smallest absolute Gasteiger partial charge is 0.240 e. The minimum absolute atomic E-state index is 0.302. The van der Waals surface area contributed by atoms with E-state index in [-0.39, 0.29) is 0 Å². The van der Waals surface area contributed by atoms with Crippen molar-refractivity contribution in [2.45, 2.75) is 31.6 Å². The average Bonchev–Trinajstić information content (AvgIpc) is 2.67. The van der Waals surface area contributed by atoms with Gasteiger partial charge in [-0.2, -0.15) is 5.10 Å². The molecule has 0 radical (unpaired) electrons. The predicted octanol–water partition coefficient (Wildman–Crippen LogP) is 2.30. The van der Waals surface area contributed by atoms with E-state index in [4.69, 9.17) is 4.74 Å². The number of nitrogens with zero attached hydrogens (tertiary/aromatic N) is 3. The van der Waals surface area contributed by atoms with Gasteiger partial charge in [-0.25, -0.2) is 13.1 Å². The van der Waals surface area contributed by atoms with Gasteiger partial charge in [0.25, 0.3) is 0 Å². The number of benzene rings is 1. The normalized spacial score (nSPS) is 15.7. The fourth-order valence-corrected chi connectivity index (χ4v) is 4.62. The van der Waals surface area contributed by atoms with Crippen LogP contribution in [0.3, 0.4) is 0 Å². The van der Waals surface area contributed by atoms with Crippen molar-refractivity contribution >= 4 is 15.8 Å². The van der Waals surface area contributed by atoms with Crippen LogP contribution in [0.5, 0.6) is 5.75 Å². The van der Waals surface area contributed by atoms with Crippen LogP contribution in [0.4, 0.5) is 5.82 Å². The Labute approximate surface area is 160 Å². The summed E-state index contributed by atoms with van der Waals surface area (Å²) in [4.78, 5) is 2.50. The fourth-order valence-electron chi connectivity index (χ4n) is 3.28. The van der Waals surface area contributed by atoms with E-state index in [1.807, 2.05) is 19.1 Å². The van der Waals surface area contributed by atoms with Gasteiger partial charge in [0.15, 0.2) is 5.82 Å². The van der Waals surface area contributed by atoms with Crippen LogP contribution >= 0.6 is 0 Å². The molecule has 27 heavy (non-hydrogen) atoms. The number of piperidine rings is 1. The van der Waals surface area contributed by atoms with Gasteiger partial charge in [0.1, 0.15) is 5.75 Å². The van der Waals surface area contributed by atoms with Crippen molar-refractivity contribution in [2.75, 3.05) is 31.6 Å². The summed E-state index contributed by atoms with van der Waals surface area (Å²) in [5.41, 5.74) is 1.58. The van der Waals surface area contributed by atoms with E-state index in [0.717, 1.165) is 37.4 Å². The molecule has 1 saturated heterocycles. The van der Waals surface area contributed by atoms with Crippen molar-refractivity contribution in [1.82, 2.24) is 14.9 Å². The highest BCUT2D eigenvalue weighted by Gasteiger charge is 2.23. The molecule has 1 aromatic carbocycles. The second-order valence-corrected chi connectivity index (χ2v) is 8.68. The predicted molar refractivity (Wildman–Crippen MR) is 105 cm³/mol. The van der Waals surface area contributed by atoms with Gasteiger partial charge in [0, 0.05) is 19.6 Å². The summed E-state index contributed by atoms with van der Waals surface area (Å²) < 4.78 is 33.2. The molecule has 0 spiro atoms. The third kappa shape index (κ3) is 4.75. The quantitative estimate of drug-likeness (QED) is 0.815. The molecule has 0 saturated carbocycles. The van der Waals surface area contributed by atoms with Gasteiger partial charge in [-0.3, -0.25) is 0 Å². The number of ether oxygens (including phenoxy) is 1. The first-order valence-corrected chi connectivity index (χ1v) is 10.6. The lowest BCUT2D eigenvalue weighted by Gasteiger charge is -2.32. The minimum Gasteiger partial charge on any atom is -0.497 e. The van der Waals surface area contributed by atoms with Crippen LogP contribution in [-0.4, -0.2) is 45.4 Å². The minimum atomic E-state index is -3.53. The highest BCUT2D eigenvalue weighted by molar-refractivity contribution is 7.89. The summed E-state index contributed by atoms with van der Waals surface area (Å²) in [5.74, 6) is 1.85. The number of hydrogen-bond donors (Lipinski definition) is 1. The number of sulfonamides is 1. The first kappa shape index (κ1) is 19.6. The number of aromatic nitrogens is 2. The second kappa shape index (κ2) is 8.22. The molecule has 0 bridgehead atoms. The molecule has 1 aliphatic rings. The van der Waals surface area contributed by atoms with E-state index >= 15 is 0 Å². The third-order valence-corrected chi connectivity index (χ3v) is 6.54. The van der Waals surface area contributed by atoms with Gasteiger partial charge in [-0.15, -0.1) is 5.10 Å². The van der Waals surface area contributed by atoms with Crippen molar-refractivity contribution in [3.8, 4) is 5.75 Å². The molecule has 146 valence electrons. The number of hydrogen-bond acceptors (Lipinski definition) is 6. The molecule has 2 aromatic rings. The van der Waals surface area contributed by atoms with E-state index in [1.165, 1.54) is 0 Å². The van der Waals surface area contributed by atoms with Crippen LogP contribution in [0, 0.1) is 19.8 Å². The SMILES string of the molecule is COc1ccc(S(=O)(=O)NCC2CCN(c3ccc(C)nn3)CC2)c(C)c1. The Kier molecular flexibility index (Phi) is 5.96. The highest BCUT2D eigenvalue weighted by Crippen LogP contribution is 2.23. The molecule has 0 atom stereocenters. The Bertz CT molecular complexity index is 876. The number of rotatable bonds is 6. The van der Waals surface area contributed by atoms with Gasteiger partial charge in [-0.05, 0) is 68.5 Å². The van der Waals surface area contributed by atoms with Crippen molar-refractivity contribution in [3.05, 3.63) is 41.6 Å². The first-order chi connectivity index (χ1) is 12.9. The van der Waals surface area contributed by atoms with Crippen molar-refractivity contribution in [2.24, 2.45) is 5.92 Å². The summed E-state index contributed by atoms with van der Waals surface area (Å²) in [7, 11) is -1.96. The Morgan fingerprint density at radius 3 is 2.48 bits per heavy atom. The molecule has 2 heterocycles. The molecular weight excluding hydrogens is 364 g/mol. The van der Waals surface area contributed by atoms with E-state index in [2.05, 4.69) is 19.8 Å². The van der Waals surface area contributed by atoms with E-state index in [1.54, 1.807) is 32.2 Å². The van der Waals surface area contributed by atoms with Crippen LogP contribution in [0.15, 0.2) is 35.2 Å². The standard InChI is InChI=1S/C19H26N4O3S/c1-14-12-17(26-3)5-6-18(14)27(24,25)20-13-16-8-10-23(11-9-16)19-7-4-15(2)21-22-19/h4-7,12,16,20H,8-11,13H2,1-3H3. The zero-order chi connectivity index (χ0) is 19.4. The molecule has 3 rings (SSSR count). The van der Waals surface area contributed by atoms with Crippen LogP contribution in [0.25, 0.3) is 0 Å². The first-order valence-electron chi connectivity index (χ1n) is 9.08. The largest absolute Gasteiger partial charge is 0.497 e. The molecule has 0 amide bonds. The molecule has 1 N–H and O–H groups in total. The molecular formula is C19H26N4O3S. The summed E-state index contributed by atoms with van der Waals surface area (Å²) in [6, 6.07) is 8.94. The van der Waals surface area contributed by atoms with Crippen LogP contribution in [0.2, 0.25) is 0 Å². The van der Waals surface area contributed by atoms with Gasteiger partial charge in [0.2, 0.25) is 10.0 Å². The fraction of sp³-hybridized carbons (Fsp3) is 0.474. The van der Waals surface area contributed by atoms with Crippen molar-refractivity contribution < 1.29 is 13.2 Å². The molecule has 0 aliphatic carbocycles. The van der Waals surface area contributed by atoms with Gasteiger partial charge in [-0.1, -0.05) is 0 Å². The van der Waals surface area contributed by atoms with Gasteiger partial charge < -0.3 is 9.64 Å². The van der Waals surface area contributed by atoms with E-state index in [9.17, 15) is 8.42 Å². The maximum atomic E-state index is 12.6. The lowest BCUT2D eigenvalue weighted by Crippen LogP contribution is -2.39. The van der Waals surface area contributed by atoms with E-state index < -0.39 is 10.0 Å². The topological polar surface area (TPSA) is 84.4 Å². The Hall–Kier alpha value is -2.19. The Morgan fingerprint density at radius 2 is 1.89 bits per heavy atom. The highest BCUT2D eigenvalue weighted by atomic mass is 32.2. The lowest BCUT2D eigenvalue weighted by atomic mass is 9.97. The van der Waals surface area contributed by atoms with Gasteiger partial charge >= 0.3 is 0 Å². The zero-order valence-corrected chi connectivity index (χ0v) is 16.8. The Morgan fingerprint density at radius 1 is 1.15 bits per heavy atom. The summed E-state index contributed by atoms with van der Waals surface area (Å²) in [6.07, 6.45) is 1.83. The van der Waals surface area contributed by atoms with Crippen LogP contribution < -0.4 is 14.4 Å². The summed E-state index contributed by atoms with van der Waals surface area (Å²) in [6.45, 7) is 5.84. The molecule has 1 aliphatic heterocycles. The van der Waals surface area contributed by atoms with Gasteiger partial charge in [0.05, 0.1) is 17.7 Å². The van der Waals surface area contributed by atoms with Crippen molar-refractivity contribution in [3.63, 3.8) is 0 Å². The molecule has 1 aromatic heterocycles. The molecule has 8 heteroatoms. The lowest BCUT2D eigenvalue weighted by molar-refractivity contribution is 0.400. The Balaban J connectivity index is 1.55. The molecule has 7 nitrogen and oxygen atoms in total. The maximum absolute atomic E-state index is 12.6. The summed E-state index contributed by atoms with van der Waals surface area (Å²) in [5, 5.41) is 8.33. The van der Waals surface area contributed by atoms with Crippen molar-refractivity contribution in [1.29, 1.82) is 0 Å². The number of anilines is 1. The number of nitrogens with one attached hydrogen (secondary N) is 1.